The van der Waals surface area contributed by atoms with Gasteiger partial charge in [-0.2, -0.15) is 5.26 Å². The van der Waals surface area contributed by atoms with Gasteiger partial charge in [-0.3, -0.25) is 9.36 Å². The summed E-state index contributed by atoms with van der Waals surface area (Å²) in [6, 6.07) is 8.94. The van der Waals surface area contributed by atoms with Gasteiger partial charge in [-0.05, 0) is 50.1 Å². The number of benzene rings is 2. The van der Waals surface area contributed by atoms with Crippen molar-refractivity contribution in [3.63, 3.8) is 0 Å². The van der Waals surface area contributed by atoms with Crippen molar-refractivity contribution in [3.05, 3.63) is 52.1 Å². The molecular weight excluding hydrogens is 316 g/mol. The van der Waals surface area contributed by atoms with Gasteiger partial charge in [-0.15, -0.1) is 0 Å². The van der Waals surface area contributed by atoms with E-state index in [1.165, 1.54) is 0 Å². The molecule has 0 aliphatic carbocycles. The molecule has 0 unspecified atom stereocenters. The normalized spacial score (nSPS) is 10.8. The van der Waals surface area contributed by atoms with Crippen molar-refractivity contribution in [3.8, 4) is 17.5 Å². The number of aromatic hydroxyl groups is 1. The maximum Gasteiger partial charge on any atom is 0.253 e. The molecule has 126 valence electrons. The number of amides is 1. The summed E-state index contributed by atoms with van der Waals surface area (Å²) in [6.45, 7) is 5.49. The lowest BCUT2D eigenvalue weighted by molar-refractivity contribution is 0.100. The average Bonchev–Trinajstić information content (AvgIpc) is 2.82. The van der Waals surface area contributed by atoms with Gasteiger partial charge in [0.2, 0.25) is 0 Å². The predicted molar refractivity (Wildman–Crippen MR) is 96.8 cm³/mol. The molecular formula is C19H18N4O2. The Kier molecular flexibility index (Phi) is 3.65. The number of nitrogens with two attached hydrogens (primary N) is 2. The summed E-state index contributed by atoms with van der Waals surface area (Å²) in [5.74, 6) is -0.342. The molecule has 2 aromatic carbocycles. The summed E-state index contributed by atoms with van der Waals surface area (Å²) in [6.07, 6.45) is 0. The Morgan fingerprint density at radius 3 is 2.48 bits per heavy atom. The highest BCUT2D eigenvalue weighted by Crippen LogP contribution is 2.37. The lowest BCUT2D eigenvalue weighted by Gasteiger charge is -2.16. The monoisotopic (exact) mass is 334 g/mol. The first kappa shape index (κ1) is 16.4. The Bertz CT molecular complexity index is 1090. The number of anilines is 1. The molecule has 1 heterocycles. The lowest BCUT2D eigenvalue weighted by atomic mass is 10.0. The molecule has 0 bridgehead atoms. The molecule has 0 atom stereocenters. The van der Waals surface area contributed by atoms with Crippen molar-refractivity contribution >= 4 is 22.6 Å². The SMILES string of the molecule is Cc1cc2c(cc1C#N)c(C(N)=O)c(N)n2-c1c(C)ccc(O)c1C. The van der Waals surface area contributed by atoms with E-state index in [1.54, 1.807) is 35.8 Å². The standard InChI is InChI=1S/C19H18N4O2/c1-9-4-5-15(24)11(3)17(9)23-14-6-10(2)12(8-20)7-13(14)16(18(23)21)19(22)25/h4-7,24H,21H2,1-3H3,(H2,22,25). The second kappa shape index (κ2) is 5.56. The number of phenols is 1. The quantitative estimate of drug-likeness (QED) is 0.667. The smallest absolute Gasteiger partial charge is 0.253 e. The van der Waals surface area contributed by atoms with E-state index in [9.17, 15) is 15.2 Å². The molecule has 0 fully saturated rings. The fraction of sp³-hybridized carbons (Fsp3) is 0.158. The molecule has 0 aliphatic rings. The van der Waals surface area contributed by atoms with Crippen molar-refractivity contribution < 1.29 is 9.90 Å². The molecule has 0 saturated carbocycles. The minimum Gasteiger partial charge on any atom is -0.508 e. The minimum absolute atomic E-state index is 0.132. The van der Waals surface area contributed by atoms with E-state index in [2.05, 4.69) is 6.07 Å². The van der Waals surface area contributed by atoms with Gasteiger partial charge < -0.3 is 16.6 Å². The number of nitrogen functional groups attached to an aromatic ring is 1. The van der Waals surface area contributed by atoms with Crippen LogP contribution >= 0.6 is 0 Å². The van der Waals surface area contributed by atoms with E-state index in [4.69, 9.17) is 11.5 Å². The van der Waals surface area contributed by atoms with Crippen LogP contribution in [0.1, 0.15) is 32.6 Å². The number of rotatable bonds is 2. The van der Waals surface area contributed by atoms with Crippen LogP contribution in [0.3, 0.4) is 0 Å². The summed E-state index contributed by atoms with van der Waals surface area (Å²) < 4.78 is 1.72. The first-order valence-electron chi connectivity index (χ1n) is 7.71. The van der Waals surface area contributed by atoms with Gasteiger partial charge in [-0.25, -0.2) is 0 Å². The molecule has 0 saturated heterocycles. The summed E-state index contributed by atoms with van der Waals surface area (Å²) in [5, 5.41) is 19.9. The largest absolute Gasteiger partial charge is 0.508 e. The van der Waals surface area contributed by atoms with E-state index in [1.807, 2.05) is 13.8 Å². The van der Waals surface area contributed by atoms with Crippen molar-refractivity contribution in [1.82, 2.24) is 4.57 Å². The van der Waals surface area contributed by atoms with E-state index in [-0.39, 0.29) is 17.1 Å². The topological polar surface area (TPSA) is 118 Å². The maximum absolute atomic E-state index is 12.0. The second-order valence-corrected chi connectivity index (χ2v) is 6.13. The van der Waals surface area contributed by atoms with Gasteiger partial charge in [0.25, 0.3) is 5.91 Å². The third kappa shape index (κ3) is 2.29. The number of aryl methyl sites for hydroxylation is 2. The minimum atomic E-state index is -0.663. The Labute approximate surface area is 144 Å². The average molecular weight is 334 g/mol. The van der Waals surface area contributed by atoms with Gasteiger partial charge in [0.05, 0.1) is 28.4 Å². The van der Waals surface area contributed by atoms with Crippen LogP contribution in [0.4, 0.5) is 5.82 Å². The number of hydrogen-bond donors (Lipinski definition) is 3. The highest BCUT2D eigenvalue weighted by molar-refractivity contribution is 6.12. The summed E-state index contributed by atoms with van der Waals surface area (Å²) in [5.41, 5.74) is 16.1. The summed E-state index contributed by atoms with van der Waals surface area (Å²) in [7, 11) is 0. The van der Waals surface area contributed by atoms with E-state index < -0.39 is 5.91 Å². The van der Waals surface area contributed by atoms with Crippen molar-refractivity contribution in [2.24, 2.45) is 5.73 Å². The van der Waals surface area contributed by atoms with Crippen LogP contribution in [-0.2, 0) is 0 Å². The molecule has 0 radical (unpaired) electrons. The van der Waals surface area contributed by atoms with Crippen molar-refractivity contribution in [2.75, 3.05) is 5.73 Å². The molecule has 3 aromatic rings. The first-order valence-corrected chi connectivity index (χ1v) is 7.71. The molecule has 1 aromatic heterocycles. The van der Waals surface area contributed by atoms with Crippen LogP contribution in [0.5, 0.6) is 5.75 Å². The maximum atomic E-state index is 12.0. The number of hydrogen-bond acceptors (Lipinski definition) is 4. The number of carbonyl (C=O) groups is 1. The molecule has 3 rings (SSSR count). The second-order valence-electron chi connectivity index (χ2n) is 6.13. The van der Waals surface area contributed by atoms with E-state index >= 15 is 0 Å². The Hall–Kier alpha value is -3.46. The van der Waals surface area contributed by atoms with Gasteiger partial charge >= 0.3 is 0 Å². The first-order chi connectivity index (χ1) is 11.8. The molecule has 0 aliphatic heterocycles. The predicted octanol–water partition coefficient (Wildman–Crippen LogP) is 2.81. The van der Waals surface area contributed by atoms with Gasteiger partial charge in [-0.1, -0.05) is 6.07 Å². The molecule has 25 heavy (non-hydrogen) atoms. The van der Waals surface area contributed by atoms with Crippen LogP contribution in [0, 0.1) is 32.1 Å². The molecule has 6 nitrogen and oxygen atoms in total. The molecule has 5 N–H and O–H groups in total. The Balaban J connectivity index is 2.56. The van der Waals surface area contributed by atoms with Crippen LogP contribution in [-0.4, -0.2) is 15.6 Å². The number of primary amides is 1. The van der Waals surface area contributed by atoms with Crippen LogP contribution in [0.15, 0.2) is 24.3 Å². The van der Waals surface area contributed by atoms with Crippen molar-refractivity contribution in [2.45, 2.75) is 20.8 Å². The van der Waals surface area contributed by atoms with E-state index in [0.29, 0.717) is 27.7 Å². The van der Waals surface area contributed by atoms with Gasteiger partial charge in [0, 0.05) is 10.9 Å². The molecule has 6 heteroatoms. The van der Waals surface area contributed by atoms with Gasteiger partial charge in [0.15, 0.2) is 0 Å². The third-order valence-corrected chi connectivity index (χ3v) is 4.54. The Morgan fingerprint density at radius 2 is 1.88 bits per heavy atom. The zero-order valence-electron chi connectivity index (χ0n) is 14.2. The number of fused-ring (bicyclic) bond motifs is 1. The lowest BCUT2D eigenvalue weighted by Crippen LogP contribution is -2.14. The highest BCUT2D eigenvalue weighted by atomic mass is 16.3. The van der Waals surface area contributed by atoms with E-state index in [0.717, 1.165) is 11.1 Å². The van der Waals surface area contributed by atoms with Crippen LogP contribution in [0.25, 0.3) is 16.6 Å². The zero-order valence-corrected chi connectivity index (χ0v) is 14.2. The molecule has 0 spiro atoms. The number of nitrogens with zero attached hydrogens (tertiary/aromatic N) is 2. The van der Waals surface area contributed by atoms with Crippen molar-refractivity contribution in [1.29, 1.82) is 5.26 Å². The number of phenolic OH excluding ortho intramolecular Hbond substituents is 1. The summed E-state index contributed by atoms with van der Waals surface area (Å²) in [4.78, 5) is 12.0. The molecule has 1 amide bonds. The number of carbonyl (C=O) groups excluding carboxylic acids is 1. The number of nitriles is 1. The van der Waals surface area contributed by atoms with Crippen LogP contribution in [0.2, 0.25) is 0 Å². The fourth-order valence-corrected chi connectivity index (χ4v) is 3.25. The number of aromatic nitrogens is 1. The highest BCUT2D eigenvalue weighted by Gasteiger charge is 2.23. The zero-order chi connectivity index (χ0) is 18.5. The summed E-state index contributed by atoms with van der Waals surface area (Å²) >= 11 is 0. The third-order valence-electron chi connectivity index (χ3n) is 4.54. The Morgan fingerprint density at radius 1 is 1.20 bits per heavy atom. The van der Waals surface area contributed by atoms with Gasteiger partial charge in [0.1, 0.15) is 11.6 Å². The van der Waals surface area contributed by atoms with Crippen LogP contribution < -0.4 is 11.5 Å². The fourth-order valence-electron chi connectivity index (χ4n) is 3.25.